The number of amides is 1. The van der Waals surface area contributed by atoms with Gasteiger partial charge in [0.05, 0.1) is 0 Å². The third-order valence-corrected chi connectivity index (χ3v) is 5.38. The molecule has 10 heteroatoms. The Bertz CT molecular complexity index is 870. The van der Waals surface area contributed by atoms with E-state index in [1.165, 1.54) is 27.7 Å². The van der Waals surface area contributed by atoms with Crippen LogP contribution in [0, 0.1) is 0 Å². The molecule has 0 unspecified atom stereocenters. The number of esters is 3. The van der Waals surface area contributed by atoms with Crippen LogP contribution in [0.4, 0.5) is 0 Å². The molecule has 0 radical (unpaired) electrons. The third kappa shape index (κ3) is 7.72. The van der Waals surface area contributed by atoms with E-state index in [4.69, 9.17) is 23.7 Å². The van der Waals surface area contributed by atoms with Crippen molar-refractivity contribution >= 4 is 23.8 Å². The zero-order chi connectivity index (χ0) is 25.4. The lowest BCUT2D eigenvalue weighted by Gasteiger charge is -2.44. The Balaban J connectivity index is 2.41. The van der Waals surface area contributed by atoms with Crippen molar-refractivity contribution in [3.63, 3.8) is 0 Å². The molecule has 0 aromatic heterocycles. The molecule has 1 aromatic carbocycles. The zero-order valence-electron chi connectivity index (χ0n) is 20.4. The van der Waals surface area contributed by atoms with Crippen molar-refractivity contribution in [2.24, 2.45) is 0 Å². The highest BCUT2D eigenvalue weighted by Gasteiger charge is 2.51. The Morgan fingerprint density at radius 2 is 1.53 bits per heavy atom. The van der Waals surface area contributed by atoms with Crippen molar-refractivity contribution in [2.45, 2.75) is 84.5 Å². The van der Waals surface area contributed by atoms with Crippen LogP contribution in [0.3, 0.4) is 0 Å². The summed E-state index contributed by atoms with van der Waals surface area (Å²) in [6.45, 7) is 8.81. The monoisotopic (exact) mass is 479 g/mol. The van der Waals surface area contributed by atoms with Gasteiger partial charge in [-0.05, 0) is 30.0 Å². The van der Waals surface area contributed by atoms with Crippen LogP contribution in [-0.4, -0.2) is 61.1 Å². The molecule has 2 rings (SSSR count). The maximum atomic E-state index is 12.0. The van der Waals surface area contributed by atoms with Gasteiger partial charge in [0.1, 0.15) is 24.5 Å². The molecule has 1 saturated heterocycles. The quantitative estimate of drug-likeness (QED) is 0.419. The minimum Gasteiger partial charge on any atom is -0.463 e. The van der Waals surface area contributed by atoms with Gasteiger partial charge in [0.15, 0.2) is 12.2 Å². The molecule has 0 saturated carbocycles. The van der Waals surface area contributed by atoms with Gasteiger partial charge >= 0.3 is 17.9 Å². The normalized spacial score (nSPS) is 24.9. The zero-order valence-corrected chi connectivity index (χ0v) is 20.4. The van der Waals surface area contributed by atoms with E-state index in [9.17, 15) is 19.2 Å². The standard InChI is InChI=1S/C24H33NO9/c1-7-13(2)18-8-10-19(11-9-18)33-24-21(25-14(3)26)23(32-17(6)29)22(31-16(5)28)20(34-24)12-30-15(4)27/h8-11,13,20-24H,7,12H2,1-6H3,(H,25,26)/t13-,20+,21-,22-,23+,24+/m1/s1. The maximum absolute atomic E-state index is 12.0. The number of hydrogen-bond donors (Lipinski definition) is 1. The Labute approximate surface area is 199 Å². The molecule has 1 amide bonds. The molecular weight excluding hydrogens is 446 g/mol. The molecule has 1 aromatic rings. The first-order valence-corrected chi connectivity index (χ1v) is 11.2. The Morgan fingerprint density at radius 1 is 0.941 bits per heavy atom. The van der Waals surface area contributed by atoms with Crippen LogP contribution in [0.25, 0.3) is 0 Å². The van der Waals surface area contributed by atoms with Crippen molar-refractivity contribution in [3.05, 3.63) is 29.8 Å². The molecule has 1 fully saturated rings. The molecular formula is C24H33NO9. The number of carbonyl (C=O) groups is 4. The van der Waals surface area contributed by atoms with E-state index in [0.29, 0.717) is 11.7 Å². The third-order valence-electron chi connectivity index (χ3n) is 5.38. The first-order valence-electron chi connectivity index (χ1n) is 11.2. The number of carbonyl (C=O) groups excluding carboxylic acids is 4. The Morgan fingerprint density at radius 3 is 2.03 bits per heavy atom. The Kier molecular flexibility index (Phi) is 9.85. The second-order valence-electron chi connectivity index (χ2n) is 8.22. The van der Waals surface area contributed by atoms with Crippen LogP contribution in [0.1, 0.15) is 59.4 Å². The largest absolute Gasteiger partial charge is 0.463 e. The van der Waals surface area contributed by atoms with Crippen molar-refractivity contribution < 1.29 is 42.9 Å². The van der Waals surface area contributed by atoms with E-state index in [-0.39, 0.29) is 6.61 Å². The summed E-state index contributed by atoms with van der Waals surface area (Å²) in [5.74, 6) is -1.52. The van der Waals surface area contributed by atoms with Crippen LogP contribution in [0.5, 0.6) is 5.75 Å². The van der Waals surface area contributed by atoms with Gasteiger partial charge in [0.25, 0.3) is 0 Å². The topological polar surface area (TPSA) is 126 Å². The highest BCUT2D eigenvalue weighted by molar-refractivity contribution is 5.73. The molecule has 1 aliphatic heterocycles. The minimum absolute atomic E-state index is 0.287. The first-order chi connectivity index (χ1) is 16.0. The number of benzene rings is 1. The molecule has 10 nitrogen and oxygen atoms in total. The van der Waals surface area contributed by atoms with Gasteiger partial charge < -0.3 is 29.0 Å². The fourth-order valence-corrected chi connectivity index (χ4v) is 3.64. The van der Waals surface area contributed by atoms with Gasteiger partial charge in [0.2, 0.25) is 12.2 Å². The van der Waals surface area contributed by atoms with Crippen LogP contribution < -0.4 is 10.1 Å². The molecule has 1 N–H and O–H groups in total. The predicted octanol–water partition coefficient (Wildman–Crippen LogP) is 2.23. The van der Waals surface area contributed by atoms with Crippen molar-refractivity contribution in [1.29, 1.82) is 0 Å². The van der Waals surface area contributed by atoms with Crippen molar-refractivity contribution in [3.8, 4) is 5.75 Å². The summed E-state index contributed by atoms with van der Waals surface area (Å²) in [7, 11) is 0. The van der Waals surface area contributed by atoms with E-state index in [1.54, 1.807) is 12.1 Å². The fraction of sp³-hybridized carbons (Fsp3) is 0.583. The molecule has 6 atom stereocenters. The van der Waals surface area contributed by atoms with Crippen LogP contribution >= 0.6 is 0 Å². The number of nitrogens with one attached hydrogen (secondary N) is 1. The minimum atomic E-state index is -1.16. The average molecular weight is 480 g/mol. The van der Waals surface area contributed by atoms with Gasteiger partial charge in [-0.25, -0.2) is 0 Å². The summed E-state index contributed by atoms with van der Waals surface area (Å²) in [6.07, 6.45) is -3.51. The number of hydrogen-bond acceptors (Lipinski definition) is 9. The molecule has 188 valence electrons. The summed E-state index contributed by atoms with van der Waals surface area (Å²) in [6, 6.07) is 6.39. The van der Waals surface area contributed by atoms with E-state index in [1.807, 2.05) is 12.1 Å². The maximum Gasteiger partial charge on any atom is 0.303 e. The van der Waals surface area contributed by atoms with E-state index < -0.39 is 54.5 Å². The first kappa shape index (κ1) is 27.1. The van der Waals surface area contributed by atoms with E-state index >= 15 is 0 Å². The van der Waals surface area contributed by atoms with Crippen LogP contribution in [-0.2, 0) is 38.1 Å². The lowest BCUT2D eigenvalue weighted by Crippen LogP contribution is -2.67. The fourth-order valence-electron chi connectivity index (χ4n) is 3.64. The summed E-state index contributed by atoms with van der Waals surface area (Å²) in [5.41, 5.74) is 1.14. The van der Waals surface area contributed by atoms with Crippen LogP contribution in [0.15, 0.2) is 24.3 Å². The highest BCUT2D eigenvalue weighted by atomic mass is 16.7. The smallest absolute Gasteiger partial charge is 0.303 e. The van der Waals surface area contributed by atoms with E-state index in [2.05, 4.69) is 19.2 Å². The van der Waals surface area contributed by atoms with Gasteiger partial charge in [-0.15, -0.1) is 0 Å². The van der Waals surface area contributed by atoms with Crippen molar-refractivity contribution in [2.75, 3.05) is 6.61 Å². The highest BCUT2D eigenvalue weighted by Crippen LogP contribution is 2.30. The van der Waals surface area contributed by atoms with Crippen molar-refractivity contribution in [1.82, 2.24) is 5.32 Å². The number of ether oxygens (including phenoxy) is 5. The SMILES string of the molecule is CC[C@@H](C)c1ccc(O[C@H]2O[C@@H](COC(C)=O)[C@@H](OC(C)=O)[C@@H](OC(C)=O)[C@H]2NC(C)=O)cc1. The van der Waals surface area contributed by atoms with Crippen LogP contribution in [0.2, 0.25) is 0 Å². The van der Waals surface area contributed by atoms with Gasteiger partial charge in [0, 0.05) is 27.7 Å². The van der Waals surface area contributed by atoms with E-state index in [0.717, 1.165) is 12.0 Å². The molecule has 0 bridgehead atoms. The number of rotatable bonds is 9. The average Bonchev–Trinajstić information content (AvgIpc) is 2.75. The van der Waals surface area contributed by atoms with Gasteiger partial charge in [-0.2, -0.15) is 0 Å². The Hall–Kier alpha value is -3.14. The summed E-state index contributed by atoms with van der Waals surface area (Å²) in [5, 5.41) is 2.67. The predicted molar refractivity (Wildman–Crippen MR) is 120 cm³/mol. The second-order valence-corrected chi connectivity index (χ2v) is 8.22. The van der Waals surface area contributed by atoms with Gasteiger partial charge in [-0.1, -0.05) is 26.0 Å². The molecule has 34 heavy (non-hydrogen) atoms. The summed E-state index contributed by atoms with van der Waals surface area (Å²) < 4.78 is 27.9. The summed E-state index contributed by atoms with van der Waals surface area (Å²) >= 11 is 0. The lowest BCUT2D eigenvalue weighted by atomic mass is 9.96. The molecule has 1 heterocycles. The lowest BCUT2D eigenvalue weighted by molar-refractivity contribution is -0.257. The molecule has 0 spiro atoms. The summed E-state index contributed by atoms with van der Waals surface area (Å²) in [4.78, 5) is 47.1. The second kappa shape index (κ2) is 12.4. The van der Waals surface area contributed by atoms with Gasteiger partial charge in [-0.3, -0.25) is 19.2 Å². The molecule has 0 aliphatic carbocycles. The molecule has 1 aliphatic rings.